The number of esters is 1. The summed E-state index contributed by atoms with van der Waals surface area (Å²) in [6, 6.07) is 6.09. The molecule has 29 heavy (non-hydrogen) atoms. The van der Waals surface area contributed by atoms with Gasteiger partial charge in [0, 0.05) is 37.6 Å². The van der Waals surface area contributed by atoms with Crippen LogP contribution < -0.4 is 0 Å². The number of pyridine rings is 1. The predicted molar refractivity (Wildman–Crippen MR) is 114 cm³/mol. The molecule has 0 radical (unpaired) electrons. The Balaban J connectivity index is 1.73. The Hall–Kier alpha value is -2.73. The third-order valence-corrected chi connectivity index (χ3v) is 5.47. The van der Waals surface area contributed by atoms with Crippen molar-refractivity contribution in [2.75, 3.05) is 19.8 Å². The van der Waals surface area contributed by atoms with Gasteiger partial charge in [0.05, 0.1) is 23.8 Å². The van der Waals surface area contributed by atoms with Gasteiger partial charge >= 0.3 is 5.97 Å². The standard InChI is InChI=1S/C23H27N3O3/c1-3-21-25-20-14-24-19-13-16(6-8-22(27)29-4-2)5-7-18(19)23(20)26(21)15-17-9-11-28-12-10-17/h5-8,13-14,17H,3-4,9-12,15H2,1-2H3/b8-6+. The third kappa shape index (κ3) is 4.17. The quantitative estimate of drug-likeness (QED) is 0.465. The lowest BCUT2D eigenvalue weighted by atomic mass is 10.00. The molecule has 6 heteroatoms. The second-order valence-corrected chi connectivity index (χ2v) is 7.40. The van der Waals surface area contributed by atoms with Crippen LogP contribution in [0.1, 0.15) is 38.1 Å². The molecule has 4 rings (SSSR count). The molecular weight excluding hydrogens is 366 g/mol. The van der Waals surface area contributed by atoms with Crippen LogP contribution in [0.3, 0.4) is 0 Å². The molecule has 0 amide bonds. The molecule has 0 N–H and O–H groups in total. The summed E-state index contributed by atoms with van der Waals surface area (Å²) < 4.78 is 12.9. The summed E-state index contributed by atoms with van der Waals surface area (Å²) in [5.41, 5.74) is 3.92. The molecule has 1 fully saturated rings. The van der Waals surface area contributed by atoms with E-state index in [2.05, 4.69) is 22.5 Å². The summed E-state index contributed by atoms with van der Waals surface area (Å²) in [6.07, 6.45) is 8.15. The summed E-state index contributed by atoms with van der Waals surface area (Å²) in [5, 5.41) is 1.09. The summed E-state index contributed by atoms with van der Waals surface area (Å²) in [6.45, 7) is 6.97. The molecule has 6 nitrogen and oxygen atoms in total. The van der Waals surface area contributed by atoms with Gasteiger partial charge in [0.25, 0.3) is 0 Å². The Kier molecular flexibility index (Phi) is 5.90. The van der Waals surface area contributed by atoms with Crippen LogP contribution in [0.2, 0.25) is 0 Å². The third-order valence-electron chi connectivity index (χ3n) is 5.47. The minimum atomic E-state index is -0.335. The fraction of sp³-hybridized carbons (Fsp3) is 0.435. The monoisotopic (exact) mass is 393 g/mol. The normalized spacial score (nSPS) is 15.5. The van der Waals surface area contributed by atoms with Crippen molar-refractivity contribution in [3.8, 4) is 0 Å². The Morgan fingerprint density at radius 3 is 2.86 bits per heavy atom. The molecule has 1 aliphatic rings. The van der Waals surface area contributed by atoms with Gasteiger partial charge in [-0.05, 0) is 43.4 Å². The fourth-order valence-corrected chi connectivity index (χ4v) is 3.99. The maximum Gasteiger partial charge on any atom is 0.330 e. The molecule has 0 aliphatic carbocycles. The number of aryl methyl sites for hydroxylation is 1. The lowest BCUT2D eigenvalue weighted by Gasteiger charge is -2.23. The van der Waals surface area contributed by atoms with E-state index in [9.17, 15) is 4.79 Å². The van der Waals surface area contributed by atoms with Gasteiger partial charge < -0.3 is 14.0 Å². The fourth-order valence-electron chi connectivity index (χ4n) is 3.99. The maximum absolute atomic E-state index is 11.6. The van der Waals surface area contributed by atoms with Crippen molar-refractivity contribution in [2.24, 2.45) is 5.92 Å². The smallest absolute Gasteiger partial charge is 0.330 e. The van der Waals surface area contributed by atoms with Crippen molar-refractivity contribution in [3.63, 3.8) is 0 Å². The van der Waals surface area contributed by atoms with E-state index in [4.69, 9.17) is 14.5 Å². The zero-order valence-corrected chi connectivity index (χ0v) is 17.1. The Labute approximate surface area is 170 Å². The van der Waals surface area contributed by atoms with Crippen LogP contribution in [0.4, 0.5) is 0 Å². The van der Waals surface area contributed by atoms with Crippen LogP contribution in [-0.4, -0.2) is 40.3 Å². The van der Waals surface area contributed by atoms with E-state index in [1.807, 2.05) is 18.3 Å². The molecule has 0 atom stereocenters. The van der Waals surface area contributed by atoms with E-state index in [-0.39, 0.29) is 5.97 Å². The molecule has 152 valence electrons. The number of carbonyl (C=O) groups is 1. The number of benzene rings is 1. The number of carbonyl (C=O) groups excluding carboxylic acids is 1. The first-order chi connectivity index (χ1) is 14.2. The number of rotatable bonds is 6. The number of hydrogen-bond donors (Lipinski definition) is 0. The van der Waals surface area contributed by atoms with Gasteiger partial charge in [-0.25, -0.2) is 9.78 Å². The number of hydrogen-bond acceptors (Lipinski definition) is 5. The highest BCUT2D eigenvalue weighted by atomic mass is 16.5. The van der Waals surface area contributed by atoms with Crippen LogP contribution in [0.25, 0.3) is 28.0 Å². The van der Waals surface area contributed by atoms with Crippen LogP contribution in [-0.2, 0) is 27.2 Å². The Morgan fingerprint density at radius 2 is 2.10 bits per heavy atom. The van der Waals surface area contributed by atoms with Gasteiger partial charge in [-0.2, -0.15) is 0 Å². The molecule has 0 saturated carbocycles. The van der Waals surface area contributed by atoms with E-state index < -0.39 is 0 Å². The van der Waals surface area contributed by atoms with Gasteiger partial charge in [-0.15, -0.1) is 0 Å². The maximum atomic E-state index is 11.6. The summed E-state index contributed by atoms with van der Waals surface area (Å²) in [5.74, 6) is 1.38. The summed E-state index contributed by atoms with van der Waals surface area (Å²) in [4.78, 5) is 21.0. The number of imidazole rings is 1. The Bertz CT molecular complexity index is 1050. The van der Waals surface area contributed by atoms with Crippen LogP contribution in [0.15, 0.2) is 30.5 Å². The van der Waals surface area contributed by atoms with E-state index in [0.29, 0.717) is 12.5 Å². The van der Waals surface area contributed by atoms with Crippen molar-refractivity contribution in [1.82, 2.24) is 14.5 Å². The molecule has 0 spiro atoms. The average Bonchev–Trinajstić information content (AvgIpc) is 3.11. The van der Waals surface area contributed by atoms with Gasteiger partial charge in [-0.1, -0.05) is 19.1 Å². The number of aromatic nitrogens is 3. The minimum absolute atomic E-state index is 0.335. The number of ether oxygens (including phenoxy) is 2. The highest BCUT2D eigenvalue weighted by Crippen LogP contribution is 2.28. The van der Waals surface area contributed by atoms with Crippen molar-refractivity contribution in [2.45, 2.75) is 39.7 Å². The van der Waals surface area contributed by atoms with Crippen molar-refractivity contribution < 1.29 is 14.3 Å². The van der Waals surface area contributed by atoms with E-state index in [0.717, 1.165) is 72.3 Å². The lowest BCUT2D eigenvalue weighted by molar-refractivity contribution is -0.137. The van der Waals surface area contributed by atoms with Crippen LogP contribution >= 0.6 is 0 Å². The summed E-state index contributed by atoms with van der Waals surface area (Å²) >= 11 is 0. The highest BCUT2D eigenvalue weighted by Gasteiger charge is 2.19. The molecule has 3 aromatic rings. The minimum Gasteiger partial charge on any atom is -0.463 e. The van der Waals surface area contributed by atoms with E-state index in [1.54, 1.807) is 13.0 Å². The molecule has 2 aromatic heterocycles. The largest absolute Gasteiger partial charge is 0.463 e. The first-order valence-electron chi connectivity index (χ1n) is 10.4. The first kappa shape index (κ1) is 19.6. The van der Waals surface area contributed by atoms with Crippen molar-refractivity contribution >= 4 is 34.0 Å². The van der Waals surface area contributed by atoms with E-state index in [1.165, 1.54) is 6.08 Å². The van der Waals surface area contributed by atoms with Crippen LogP contribution in [0, 0.1) is 5.92 Å². The van der Waals surface area contributed by atoms with Crippen molar-refractivity contribution in [3.05, 3.63) is 41.9 Å². The lowest BCUT2D eigenvalue weighted by Crippen LogP contribution is -2.21. The number of fused-ring (bicyclic) bond motifs is 3. The van der Waals surface area contributed by atoms with E-state index >= 15 is 0 Å². The molecule has 3 heterocycles. The van der Waals surface area contributed by atoms with Gasteiger partial charge in [-0.3, -0.25) is 4.98 Å². The molecule has 1 aliphatic heterocycles. The van der Waals surface area contributed by atoms with Crippen LogP contribution in [0.5, 0.6) is 0 Å². The second-order valence-electron chi connectivity index (χ2n) is 7.40. The number of nitrogens with zero attached hydrogens (tertiary/aromatic N) is 3. The van der Waals surface area contributed by atoms with Gasteiger partial charge in [0.2, 0.25) is 0 Å². The molecule has 1 saturated heterocycles. The average molecular weight is 393 g/mol. The topological polar surface area (TPSA) is 66.2 Å². The zero-order valence-electron chi connectivity index (χ0n) is 17.1. The highest BCUT2D eigenvalue weighted by molar-refractivity contribution is 6.03. The first-order valence-corrected chi connectivity index (χ1v) is 10.4. The SMILES string of the molecule is CCOC(=O)/C=C/c1ccc2c(c1)ncc1nc(CC)n(CC3CCOCC3)c12. The Morgan fingerprint density at radius 1 is 1.28 bits per heavy atom. The summed E-state index contributed by atoms with van der Waals surface area (Å²) in [7, 11) is 0. The van der Waals surface area contributed by atoms with Crippen molar-refractivity contribution in [1.29, 1.82) is 0 Å². The van der Waals surface area contributed by atoms with Gasteiger partial charge in [0.15, 0.2) is 0 Å². The zero-order chi connectivity index (χ0) is 20.2. The molecular formula is C23H27N3O3. The predicted octanol–water partition coefficient (Wildman–Crippen LogP) is 4.15. The second kappa shape index (κ2) is 8.74. The molecule has 0 bridgehead atoms. The molecule has 0 unspecified atom stereocenters. The molecule has 1 aromatic carbocycles. The van der Waals surface area contributed by atoms with Gasteiger partial charge in [0.1, 0.15) is 11.3 Å².